The summed E-state index contributed by atoms with van der Waals surface area (Å²) in [5.41, 5.74) is 7.61. The molecule has 4 N–H and O–H groups in total. The zero-order valence-corrected chi connectivity index (χ0v) is 18.3. The first-order valence-corrected chi connectivity index (χ1v) is 10.8. The molecule has 0 heterocycles. The number of carbonyl (C=O) groups is 3. The van der Waals surface area contributed by atoms with Crippen LogP contribution in [0.2, 0.25) is 0 Å². The highest BCUT2D eigenvalue weighted by molar-refractivity contribution is 8.00. The fraction of sp³-hybridized carbons (Fsp3) is 0.0800. The number of hydrogen-bond donors (Lipinski definition) is 3. The predicted molar refractivity (Wildman–Crippen MR) is 129 cm³/mol. The van der Waals surface area contributed by atoms with Gasteiger partial charge in [0.25, 0.3) is 5.91 Å². The van der Waals surface area contributed by atoms with Gasteiger partial charge in [0.2, 0.25) is 11.8 Å². The van der Waals surface area contributed by atoms with Gasteiger partial charge in [-0.2, -0.15) is 0 Å². The molecule has 3 aromatic carbocycles. The summed E-state index contributed by atoms with van der Waals surface area (Å²) in [7, 11) is 0. The van der Waals surface area contributed by atoms with Crippen molar-refractivity contribution in [2.75, 3.05) is 10.6 Å². The van der Waals surface area contributed by atoms with Gasteiger partial charge in [-0.3, -0.25) is 14.4 Å². The second-order valence-corrected chi connectivity index (χ2v) is 8.33. The van der Waals surface area contributed by atoms with E-state index in [1.165, 1.54) is 17.8 Å². The summed E-state index contributed by atoms with van der Waals surface area (Å²) in [5.74, 6) is -1.07. The molecule has 0 aliphatic carbocycles. The third kappa shape index (κ3) is 6.58. The molecule has 0 aliphatic heterocycles. The fourth-order valence-electron chi connectivity index (χ4n) is 2.84. The van der Waals surface area contributed by atoms with E-state index >= 15 is 0 Å². The van der Waals surface area contributed by atoms with Gasteiger partial charge >= 0.3 is 0 Å². The molecule has 0 bridgehead atoms. The number of carbonyl (C=O) groups excluding carboxylic acids is 3. The Hall–Kier alpha value is -3.84. The van der Waals surface area contributed by atoms with Crippen LogP contribution in [0.15, 0.2) is 89.8 Å². The summed E-state index contributed by atoms with van der Waals surface area (Å²) in [4.78, 5) is 37.0. The number of primary amides is 1. The Kier molecular flexibility index (Phi) is 7.83. The molecule has 0 fully saturated rings. The van der Waals surface area contributed by atoms with Crippen LogP contribution in [0.3, 0.4) is 0 Å². The van der Waals surface area contributed by atoms with Gasteiger partial charge in [0.1, 0.15) is 0 Å². The third-order valence-electron chi connectivity index (χ3n) is 4.48. The van der Waals surface area contributed by atoms with Crippen LogP contribution in [0, 0.1) is 0 Å². The van der Waals surface area contributed by atoms with Crippen molar-refractivity contribution in [3.8, 4) is 0 Å². The van der Waals surface area contributed by atoms with Gasteiger partial charge in [-0.1, -0.05) is 42.5 Å². The predicted octanol–water partition coefficient (Wildman–Crippen LogP) is 4.56. The van der Waals surface area contributed by atoms with Gasteiger partial charge in [-0.15, -0.1) is 11.8 Å². The maximum absolute atomic E-state index is 12.5. The minimum absolute atomic E-state index is 0.227. The van der Waals surface area contributed by atoms with Crippen LogP contribution in [0.5, 0.6) is 0 Å². The molecule has 0 saturated heterocycles. The molecule has 3 amide bonds. The lowest BCUT2D eigenvalue weighted by Gasteiger charge is -2.14. The van der Waals surface area contributed by atoms with Crippen molar-refractivity contribution in [2.45, 2.75) is 17.1 Å². The first-order chi connectivity index (χ1) is 15.4. The van der Waals surface area contributed by atoms with Gasteiger partial charge in [-0.25, -0.2) is 0 Å². The van der Waals surface area contributed by atoms with Gasteiger partial charge < -0.3 is 16.4 Å². The van der Waals surface area contributed by atoms with Crippen LogP contribution in [-0.4, -0.2) is 23.0 Å². The number of anilines is 2. The van der Waals surface area contributed by atoms with Crippen LogP contribution in [0.1, 0.15) is 22.8 Å². The van der Waals surface area contributed by atoms with E-state index in [0.717, 1.165) is 10.5 Å². The normalized spacial score (nSPS) is 11.7. The van der Waals surface area contributed by atoms with E-state index in [4.69, 9.17) is 5.73 Å². The van der Waals surface area contributed by atoms with Crippen molar-refractivity contribution in [3.63, 3.8) is 0 Å². The highest BCUT2D eigenvalue weighted by atomic mass is 32.2. The van der Waals surface area contributed by atoms with Crippen molar-refractivity contribution < 1.29 is 14.4 Å². The summed E-state index contributed by atoms with van der Waals surface area (Å²) in [6.07, 6.45) is 3.23. The molecule has 162 valence electrons. The Morgan fingerprint density at radius 2 is 1.53 bits per heavy atom. The molecule has 0 aromatic heterocycles. The molecular formula is C25H23N3O3S. The number of hydrogen-bond acceptors (Lipinski definition) is 4. The molecule has 32 heavy (non-hydrogen) atoms. The van der Waals surface area contributed by atoms with Gasteiger partial charge in [0.15, 0.2) is 0 Å². The Morgan fingerprint density at radius 3 is 2.22 bits per heavy atom. The Labute approximate surface area is 190 Å². The lowest BCUT2D eigenvalue weighted by atomic mass is 10.1. The molecule has 3 aromatic rings. The number of nitrogens with one attached hydrogen (secondary N) is 2. The van der Waals surface area contributed by atoms with E-state index in [1.54, 1.807) is 49.4 Å². The summed E-state index contributed by atoms with van der Waals surface area (Å²) in [6.45, 7) is 1.77. The maximum Gasteiger partial charge on any atom is 0.250 e. The monoisotopic (exact) mass is 445 g/mol. The van der Waals surface area contributed by atoms with E-state index in [0.29, 0.717) is 11.4 Å². The molecule has 7 heteroatoms. The minimum Gasteiger partial charge on any atom is -0.366 e. The lowest BCUT2D eigenvalue weighted by molar-refractivity contribution is -0.115. The molecule has 1 atom stereocenters. The minimum atomic E-state index is -0.600. The Balaban J connectivity index is 1.54. The molecular weight excluding hydrogens is 422 g/mol. The summed E-state index contributed by atoms with van der Waals surface area (Å²) < 4.78 is 0. The zero-order valence-electron chi connectivity index (χ0n) is 17.4. The fourth-order valence-corrected chi connectivity index (χ4v) is 3.70. The second-order valence-electron chi connectivity index (χ2n) is 6.92. The number of benzene rings is 3. The van der Waals surface area contributed by atoms with Crippen LogP contribution >= 0.6 is 11.8 Å². The van der Waals surface area contributed by atoms with Crippen molar-refractivity contribution >= 4 is 46.9 Å². The smallest absolute Gasteiger partial charge is 0.250 e. The van der Waals surface area contributed by atoms with Gasteiger partial charge in [-0.05, 0) is 55.0 Å². The first-order valence-electron chi connectivity index (χ1n) is 9.93. The number of para-hydroxylation sites is 1. The molecule has 0 spiro atoms. The van der Waals surface area contributed by atoms with Crippen molar-refractivity contribution in [2.24, 2.45) is 5.73 Å². The SMILES string of the molecule is CC(Sc1ccc(NC(=O)/C=C/c2ccccc2)cc1)C(=O)Nc1ccccc1C(N)=O. The number of amides is 3. The standard InChI is InChI=1S/C25H23N3O3S/c1-17(25(31)28-22-10-6-5-9-21(22)24(26)30)32-20-14-12-19(13-15-20)27-23(29)16-11-18-7-3-2-4-8-18/h2-17H,1H3,(H2,26,30)(H,27,29)(H,28,31)/b16-11+. The third-order valence-corrected chi connectivity index (χ3v) is 5.59. The Bertz CT molecular complexity index is 1130. The van der Waals surface area contributed by atoms with E-state index < -0.39 is 11.2 Å². The molecule has 3 rings (SSSR count). The zero-order chi connectivity index (χ0) is 22.9. The quantitative estimate of drug-likeness (QED) is 0.349. The van der Waals surface area contributed by atoms with E-state index in [9.17, 15) is 14.4 Å². The van der Waals surface area contributed by atoms with Crippen molar-refractivity contribution in [1.29, 1.82) is 0 Å². The van der Waals surface area contributed by atoms with Crippen molar-refractivity contribution in [3.05, 3.63) is 96.1 Å². The average molecular weight is 446 g/mol. The van der Waals surface area contributed by atoms with Gasteiger partial charge in [0.05, 0.1) is 16.5 Å². The Morgan fingerprint density at radius 1 is 0.875 bits per heavy atom. The molecule has 0 saturated carbocycles. The average Bonchev–Trinajstić information content (AvgIpc) is 2.80. The largest absolute Gasteiger partial charge is 0.366 e. The molecule has 6 nitrogen and oxygen atoms in total. The van der Waals surface area contributed by atoms with E-state index in [-0.39, 0.29) is 17.4 Å². The van der Waals surface area contributed by atoms with Crippen molar-refractivity contribution in [1.82, 2.24) is 0 Å². The van der Waals surface area contributed by atoms with Gasteiger partial charge in [0, 0.05) is 16.7 Å². The van der Waals surface area contributed by atoms with Crippen LogP contribution in [0.25, 0.3) is 6.08 Å². The summed E-state index contributed by atoms with van der Waals surface area (Å²) in [5, 5.41) is 5.15. The lowest BCUT2D eigenvalue weighted by Crippen LogP contribution is -2.24. The summed E-state index contributed by atoms with van der Waals surface area (Å²) in [6, 6.07) is 23.4. The van der Waals surface area contributed by atoms with Crippen LogP contribution in [0.4, 0.5) is 11.4 Å². The highest BCUT2D eigenvalue weighted by Gasteiger charge is 2.17. The molecule has 0 radical (unpaired) electrons. The second kappa shape index (κ2) is 11.0. The topological polar surface area (TPSA) is 101 Å². The highest BCUT2D eigenvalue weighted by Crippen LogP contribution is 2.26. The molecule has 1 unspecified atom stereocenters. The maximum atomic E-state index is 12.5. The number of rotatable bonds is 8. The van der Waals surface area contributed by atoms with E-state index in [1.807, 2.05) is 42.5 Å². The number of thioether (sulfide) groups is 1. The van der Waals surface area contributed by atoms with Crippen LogP contribution in [-0.2, 0) is 9.59 Å². The van der Waals surface area contributed by atoms with E-state index in [2.05, 4.69) is 10.6 Å². The number of nitrogens with two attached hydrogens (primary N) is 1. The van der Waals surface area contributed by atoms with Crippen LogP contribution < -0.4 is 16.4 Å². The summed E-state index contributed by atoms with van der Waals surface area (Å²) >= 11 is 1.37. The molecule has 0 aliphatic rings. The first kappa shape index (κ1) is 22.8.